The first kappa shape index (κ1) is 15.8. The molecule has 1 amide bonds. The van der Waals surface area contributed by atoms with Crippen molar-refractivity contribution in [1.82, 2.24) is 5.32 Å². The fourth-order valence-electron chi connectivity index (χ4n) is 2.25. The van der Waals surface area contributed by atoms with E-state index in [1.165, 1.54) is 12.1 Å². The fourth-order valence-corrected chi connectivity index (χ4v) is 2.81. The average Bonchev–Trinajstić information content (AvgIpc) is 2.45. The lowest BCUT2D eigenvalue weighted by molar-refractivity contribution is -0.126. The Labute approximate surface area is 124 Å². The molecule has 0 spiro atoms. The molecule has 1 aliphatic heterocycles. The van der Waals surface area contributed by atoms with E-state index >= 15 is 0 Å². The highest BCUT2D eigenvalue weighted by Gasteiger charge is 2.26. The number of carbonyl (C=O) groups excluding carboxylic acids is 1. The van der Waals surface area contributed by atoms with Crippen molar-refractivity contribution in [2.24, 2.45) is 11.1 Å². The van der Waals surface area contributed by atoms with Crippen molar-refractivity contribution >= 4 is 15.9 Å². The van der Waals surface area contributed by atoms with Crippen LogP contribution >= 0.6 is 0 Å². The number of benzene rings is 1. The second-order valence-corrected chi connectivity index (χ2v) is 6.73. The van der Waals surface area contributed by atoms with Crippen LogP contribution in [0.15, 0.2) is 23.1 Å². The van der Waals surface area contributed by atoms with Gasteiger partial charge in [0.05, 0.1) is 10.8 Å². The average molecular weight is 312 g/mol. The van der Waals surface area contributed by atoms with Crippen molar-refractivity contribution in [3.8, 4) is 5.75 Å². The van der Waals surface area contributed by atoms with Crippen molar-refractivity contribution in [2.45, 2.75) is 31.1 Å². The second kappa shape index (κ2) is 6.44. The predicted molar refractivity (Wildman–Crippen MR) is 78.4 cm³/mol. The van der Waals surface area contributed by atoms with E-state index in [0.717, 1.165) is 12.8 Å². The van der Waals surface area contributed by atoms with Gasteiger partial charge in [0.1, 0.15) is 12.4 Å². The highest BCUT2D eigenvalue weighted by Crippen LogP contribution is 2.29. The van der Waals surface area contributed by atoms with Gasteiger partial charge in [-0.3, -0.25) is 4.79 Å². The summed E-state index contributed by atoms with van der Waals surface area (Å²) in [6.07, 6.45) is 2.41. The zero-order valence-corrected chi connectivity index (χ0v) is 12.8. The number of hydrogen-bond acceptors (Lipinski definition) is 4. The topological polar surface area (TPSA) is 98.5 Å². The van der Waals surface area contributed by atoms with Gasteiger partial charge < -0.3 is 10.1 Å². The van der Waals surface area contributed by atoms with Crippen LogP contribution < -0.4 is 15.2 Å². The Hall–Kier alpha value is -1.60. The number of amides is 1. The van der Waals surface area contributed by atoms with Crippen LogP contribution in [0.1, 0.15) is 25.3 Å². The number of sulfonamides is 1. The van der Waals surface area contributed by atoms with Crippen LogP contribution in [0.5, 0.6) is 5.75 Å². The summed E-state index contributed by atoms with van der Waals surface area (Å²) in [4.78, 5) is 12.1. The molecular weight excluding hydrogens is 292 g/mol. The van der Waals surface area contributed by atoms with Gasteiger partial charge in [0, 0.05) is 6.54 Å². The number of ether oxygens (including phenoxy) is 1. The van der Waals surface area contributed by atoms with Crippen LogP contribution in [-0.2, 0) is 21.2 Å². The summed E-state index contributed by atoms with van der Waals surface area (Å²) < 4.78 is 28.3. The van der Waals surface area contributed by atoms with E-state index in [9.17, 15) is 13.2 Å². The molecule has 21 heavy (non-hydrogen) atoms. The van der Waals surface area contributed by atoms with Gasteiger partial charge in [-0.25, -0.2) is 13.6 Å². The molecule has 1 aliphatic rings. The molecule has 6 nitrogen and oxygen atoms in total. The number of nitrogens with one attached hydrogen (secondary N) is 1. The summed E-state index contributed by atoms with van der Waals surface area (Å²) in [5, 5.41) is 7.98. The normalized spacial score (nSPS) is 17.7. The van der Waals surface area contributed by atoms with Gasteiger partial charge in [-0.2, -0.15) is 0 Å². The van der Waals surface area contributed by atoms with E-state index in [2.05, 4.69) is 12.2 Å². The molecule has 116 valence electrons. The van der Waals surface area contributed by atoms with Gasteiger partial charge in [0.15, 0.2) is 0 Å². The quantitative estimate of drug-likeness (QED) is 0.786. The summed E-state index contributed by atoms with van der Waals surface area (Å²) in [5.74, 6) is 0.250. The standard InChI is InChI=1S/C14H20N2O4S/c1-2-3-6-16-14(17)11-7-10-8-12(21(15,18)19)4-5-13(10)20-9-11/h4-5,8,11H,2-3,6-7,9H2,1H3,(H,16,17)(H2,15,18,19). The van der Waals surface area contributed by atoms with E-state index < -0.39 is 10.0 Å². The lowest BCUT2D eigenvalue weighted by Crippen LogP contribution is -2.37. The Balaban J connectivity index is 2.10. The molecule has 0 bridgehead atoms. The molecule has 0 aliphatic carbocycles. The van der Waals surface area contributed by atoms with E-state index in [1.54, 1.807) is 6.07 Å². The van der Waals surface area contributed by atoms with E-state index in [1.807, 2.05) is 0 Å². The molecule has 0 saturated carbocycles. The predicted octanol–water partition coefficient (Wildman–Crippen LogP) is 0.801. The molecular formula is C14H20N2O4S. The van der Waals surface area contributed by atoms with Crippen LogP contribution in [-0.4, -0.2) is 27.5 Å². The Bertz CT molecular complexity index is 628. The summed E-state index contributed by atoms with van der Waals surface area (Å²) in [6, 6.07) is 4.48. The lowest BCUT2D eigenvalue weighted by atomic mass is 9.96. The molecule has 2 rings (SSSR count). The molecule has 0 aromatic heterocycles. The number of primary sulfonamides is 1. The van der Waals surface area contributed by atoms with Gasteiger partial charge in [0.25, 0.3) is 0 Å². The zero-order chi connectivity index (χ0) is 15.5. The summed E-state index contributed by atoms with van der Waals surface area (Å²) in [5.41, 5.74) is 0.698. The van der Waals surface area contributed by atoms with Gasteiger partial charge in [0.2, 0.25) is 15.9 Å². The number of rotatable bonds is 5. The molecule has 1 heterocycles. The monoisotopic (exact) mass is 312 g/mol. The Morgan fingerprint density at radius 2 is 2.24 bits per heavy atom. The first-order valence-corrected chi connectivity index (χ1v) is 8.52. The minimum Gasteiger partial charge on any atom is -0.492 e. The number of nitrogens with two attached hydrogens (primary N) is 1. The van der Waals surface area contributed by atoms with Crippen molar-refractivity contribution in [3.63, 3.8) is 0 Å². The second-order valence-electron chi connectivity index (χ2n) is 5.17. The number of hydrogen-bond donors (Lipinski definition) is 2. The van der Waals surface area contributed by atoms with Crippen LogP contribution in [0, 0.1) is 5.92 Å². The number of unbranched alkanes of at least 4 members (excludes halogenated alkanes) is 1. The van der Waals surface area contributed by atoms with E-state index in [4.69, 9.17) is 9.88 Å². The maximum atomic E-state index is 12.0. The summed E-state index contributed by atoms with van der Waals surface area (Å²) in [6.45, 7) is 3.01. The molecule has 3 N–H and O–H groups in total. The van der Waals surface area contributed by atoms with Crippen molar-refractivity contribution in [1.29, 1.82) is 0 Å². The lowest BCUT2D eigenvalue weighted by Gasteiger charge is -2.25. The highest BCUT2D eigenvalue weighted by atomic mass is 32.2. The molecule has 0 saturated heterocycles. The Kier molecular flexibility index (Phi) is 4.84. The van der Waals surface area contributed by atoms with E-state index in [-0.39, 0.29) is 16.7 Å². The van der Waals surface area contributed by atoms with Gasteiger partial charge in [-0.05, 0) is 36.6 Å². The van der Waals surface area contributed by atoms with Crippen LogP contribution in [0.3, 0.4) is 0 Å². The summed E-state index contributed by atoms with van der Waals surface area (Å²) in [7, 11) is -3.75. The molecule has 7 heteroatoms. The van der Waals surface area contributed by atoms with E-state index in [0.29, 0.717) is 30.9 Å². The third kappa shape index (κ3) is 3.95. The summed E-state index contributed by atoms with van der Waals surface area (Å²) >= 11 is 0. The molecule has 1 unspecified atom stereocenters. The van der Waals surface area contributed by atoms with Gasteiger partial charge >= 0.3 is 0 Å². The third-order valence-electron chi connectivity index (χ3n) is 3.47. The van der Waals surface area contributed by atoms with Crippen molar-refractivity contribution in [3.05, 3.63) is 23.8 Å². The minimum absolute atomic E-state index is 0.0388. The first-order valence-electron chi connectivity index (χ1n) is 6.98. The largest absolute Gasteiger partial charge is 0.492 e. The van der Waals surface area contributed by atoms with Gasteiger partial charge in [-0.15, -0.1) is 0 Å². The number of carbonyl (C=O) groups is 1. The fraction of sp³-hybridized carbons (Fsp3) is 0.500. The van der Waals surface area contributed by atoms with Crippen LogP contribution in [0.4, 0.5) is 0 Å². The molecule has 0 fully saturated rings. The first-order chi connectivity index (χ1) is 9.91. The third-order valence-corrected chi connectivity index (χ3v) is 4.38. The maximum Gasteiger partial charge on any atom is 0.238 e. The molecule has 0 radical (unpaired) electrons. The molecule has 1 aromatic rings. The maximum absolute atomic E-state index is 12.0. The minimum atomic E-state index is -3.75. The van der Waals surface area contributed by atoms with Gasteiger partial charge in [-0.1, -0.05) is 13.3 Å². The molecule has 1 aromatic carbocycles. The smallest absolute Gasteiger partial charge is 0.238 e. The molecule has 1 atom stereocenters. The zero-order valence-electron chi connectivity index (χ0n) is 12.0. The Morgan fingerprint density at radius 1 is 1.48 bits per heavy atom. The SMILES string of the molecule is CCCCNC(=O)C1COc2ccc(S(N)(=O)=O)cc2C1. The highest BCUT2D eigenvalue weighted by molar-refractivity contribution is 7.89. The number of fused-ring (bicyclic) bond motifs is 1. The van der Waals surface area contributed by atoms with Crippen molar-refractivity contribution in [2.75, 3.05) is 13.2 Å². The van der Waals surface area contributed by atoms with Crippen LogP contribution in [0.2, 0.25) is 0 Å². The van der Waals surface area contributed by atoms with Crippen molar-refractivity contribution < 1.29 is 17.9 Å². The Morgan fingerprint density at radius 3 is 2.90 bits per heavy atom. The van der Waals surface area contributed by atoms with Crippen LogP contribution in [0.25, 0.3) is 0 Å².